The summed E-state index contributed by atoms with van der Waals surface area (Å²) >= 11 is 6.01. The van der Waals surface area contributed by atoms with Crippen molar-refractivity contribution in [2.45, 2.75) is 39.3 Å². The van der Waals surface area contributed by atoms with Gasteiger partial charge in [0.1, 0.15) is 6.04 Å². The fourth-order valence-electron chi connectivity index (χ4n) is 3.32. The van der Waals surface area contributed by atoms with Crippen molar-refractivity contribution in [2.75, 3.05) is 24.2 Å². The highest BCUT2D eigenvalue weighted by molar-refractivity contribution is 7.92. The number of likely N-dealkylation sites (N-methyl/N-ethyl adjacent to an activating group) is 1. The number of aryl methyl sites for hydroxylation is 1. The molecule has 2 rings (SSSR count). The molecule has 0 aliphatic rings. The number of anilines is 1. The number of nitrogens with zero attached hydrogens (tertiary/aromatic N) is 2. The first kappa shape index (κ1) is 25.7. The van der Waals surface area contributed by atoms with Gasteiger partial charge in [-0.05, 0) is 44.0 Å². The zero-order chi connectivity index (χ0) is 23.9. The van der Waals surface area contributed by atoms with E-state index in [2.05, 4.69) is 5.32 Å². The van der Waals surface area contributed by atoms with Gasteiger partial charge in [-0.2, -0.15) is 0 Å². The lowest BCUT2D eigenvalue weighted by atomic mass is 10.1. The summed E-state index contributed by atoms with van der Waals surface area (Å²) < 4.78 is 25.8. The zero-order valence-corrected chi connectivity index (χ0v) is 20.4. The SMILES string of the molecule is CNC(=O)[C@@H](C)N(Cc1ccc(C)cc1)C(=O)CCCN(c1cccc(Cl)c1)S(C)(=O)=O. The minimum Gasteiger partial charge on any atom is -0.357 e. The third kappa shape index (κ3) is 7.24. The molecule has 32 heavy (non-hydrogen) atoms. The molecule has 0 unspecified atom stereocenters. The first-order valence-corrected chi connectivity index (χ1v) is 12.6. The van der Waals surface area contributed by atoms with Gasteiger partial charge in [-0.25, -0.2) is 8.42 Å². The Kier molecular flexibility index (Phi) is 9.09. The number of carbonyl (C=O) groups excluding carboxylic acids is 2. The summed E-state index contributed by atoms with van der Waals surface area (Å²) in [6.07, 6.45) is 1.51. The number of hydrogen-bond donors (Lipinski definition) is 1. The fraction of sp³-hybridized carbons (Fsp3) is 0.391. The van der Waals surface area contributed by atoms with Crippen molar-refractivity contribution < 1.29 is 18.0 Å². The Labute approximate surface area is 195 Å². The van der Waals surface area contributed by atoms with Crippen LogP contribution in [-0.4, -0.2) is 51.0 Å². The van der Waals surface area contributed by atoms with Crippen LogP contribution in [0.2, 0.25) is 5.02 Å². The van der Waals surface area contributed by atoms with Crippen LogP contribution in [0, 0.1) is 6.92 Å². The zero-order valence-electron chi connectivity index (χ0n) is 18.8. The van der Waals surface area contributed by atoms with Crippen LogP contribution in [0.15, 0.2) is 48.5 Å². The van der Waals surface area contributed by atoms with Gasteiger partial charge < -0.3 is 10.2 Å². The van der Waals surface area contributed by atoms with E-state index in [9.17, 15) is 18.0 Å². The molecule has 1 N–H and O–H groups in total. The molecule has 2 aromatic rings. The standard InChI is InChI=1S/C23H30ClN3O4S/c1-17-10-12-19(13-11-17)16-26(18(2)23(29)25-3)22(28)9-6-14-27(32(4,30)31)21-8-5-7-20(24)15-21/h5,7-8,10-13,15,18H,6,9,14,16H2,1-4H3,(H,25,29)/t18-/m1/s1. The number of halogens is 1. The first-order chi connectivity index (χ1) is 15.0. The third-order valence-electron chi connectivity index (χ3n) is 5.14. The number of nitrogens with one attached hydrogen (secondary N) is 1. The van der Waals surface area contributed by atoms with Gasteiger partial charge in [-0.1, -0.05) is 47.5 Å². The molecular weight excluding hydrogens is 450 g/mol. The lowest BCUT2D eigenvalue weighted by Gasteiger charge is -2.29. The Bertz CT molecular complexity index is 1040. The van der Waals surface area contributed by atoms with Gasteiger partial charge >= 0.3 is 0 Å². The molecule has 0 fully saturated rings. The van der Waals surface area contributed by atoms with Crippen molar-refractivity contribution in [1.29, 1.82) is 0 Å². The lowest BCUT2D eigenvalue weighted by molar-refractivity contribution is -0.140. The van der Waals surface area contributed by atoms with Crippen LogP contribution >= 0.6 is 11.6 Å². The summed E-state index contributed by atoms with van der Waals surface area (Å²) in [5.41, 5.74) is 2.46. The van der Waals surface area contributed by atoms with E-state index in [1.165, 1.54) is 16.3 Å². The van der Waals surface area contributed by atoms with E-state index in [-0.39, 0.29) is 31.3 Å². The van der Waals surface area contributed by atoms with Gasteiger partial charge in [0.05, 0.1) is 11.9 Å². The number of rotatable bonds is 10. The van der Waals surface area contributed by atoms with Crippen molar-refractivity contribution in [2.24, 2.45) is 0 Å². The number of carbonyl (C=O) groups is 2. The number of sulfonamides is 1. The predicted molar refractivity (Wildman–Crippen MR) is 128 cm³/mol. The minimum absolute atomic E-state index is 0.0970. The largest absolute Gasteiger partial charge is 0.357 e. The van der Waals surface area contributed by atoms with Gasteiger partial charge in [-0.15, -0.1) is 0 Å². The van der Waals surface area contributed by atoms with Gasteiger partial charge in [0.2, 0.25) is 21.8 Å². The Morgan fingerprint density at radius 2 is 1.78 bits per heavy atom. The van der Waals surface area contributed by atoms with E-state index in [0.717, 1.165) is 17.4 Å². The third-order valence-corrected chi connectivity index (χ3v) is 6.56. The molecule has 174 valence electrons. The molecule has 0 spiro atoms. The summed E-state index contributed by atoms with van der Waals surface area (Å²) in [6, 6.07) is 13.7. The van der Waals surface area contributed by atoms with Crippen LogP contribution in [0.1, 0.15) is 30.9 Å². The lowest BCUT2D eigenvalue weighted by Crippen LogP contribution is -2.46. The van der Waals surface area contributed by atoms with Crippen molar-refractivity contribution in [3.8, 4) is 0 Å². The molecule has 2 aromatic carbocycles. The molecule has 0 saturated heterocycles. The van der Waals surface area contributed by atoms with Crippen LogP contribution in [0.25, 0.3) is 0 Å². The second-order valence-electron chi connectivity index (χ2n) is 7.72. The van der Waals surface area contributed by atoms with E-state index in [1.54, 1.807) is 31.2 Å². The van der Waals surface area contributed by atoms with Crippen LogP contribution < -0.4 is 9.62 Å². The summed E-state index contributed by atoms with van der Waals surface area (Å²) in [4.78, 5) is 26.8. The molecular formula is C23H30ClN3O4S. The van der Waals surface area contributed by atoms with E-state index in [0.29, 0.717) is 17.1 Å². The molecule has 7 nitrogen and oxygen atoms in total. The van der Waals surface area contributed by atoms with Gasteiger partial charge in [0.25, 0.3) is 0 Å². The van der Waals surface area contributed by atoms with Crippen LogP contribution in [0.3, 0.4) is 0 Å². The van der Waals surface area contributed by atoms with Crippen molar-refractivity contribution >= 4 is 39.1 Å². The average Bonchev–Trinajstić information content (AvgIpc) is 2.74. The van der Waals surface area contributed by atoms with Crippen molar-refractivity contribution in [3.63, 3.8) is 0 Å². The molecule has 0 aliphatic carbocycles. The molecule has 0 aromatic heterocycles. The highest BCUT2D eigenvalue weighted by Gasteiger charge is 2.26. The Morgan fingerprint density at radius 1 is 1.12 bits per heavy atom. The van der Waals surface area contributed by atoms with Gasteiger partial charge in [0.15, 0.2) is 0 Å². The molecule has 0 bridgehead atoms. The molecule has 2 amide bonds. The summed E-state index contributed by atoms with van der Waals surface area (Å²) in [6.45, 7) is 4.07. The molecule has 0 heterocycles. The Hall–Kier alpha value is -2.58. The highest BCUT2D eigenvalue weighted by atomic mass is 35.5. The minimum atomic E-state index is -3.55. The maximum atomic E-state index is 13.1. The topological polar surface area (TPSA) is 86.8 Å². The van der Waals surface area contributed by atoms with Crippen LogP contribution in [0.5, 0.6) is 0 Å². The van der Waals surface area contributed by atoms with Crippen LogP contribution in [-0.2, 0) is 26.2 Å². The number of amides is 2. The summed E-state index contributed by atoms with van der Waals surface area (Å²) in [5, 5.41) is 3.01. The normalized spacial score (nSPS) is 12.2. The monoisotopic (exact) mass is 479 g/mol. The maximum absolute atomic E-state index is 13.1. The summed E-state index contributed by atoms with van der Waals surface area (Å²) in [7, 11) is -2.02. The molecule has 1 atom stereocenters. The predicted octanol–water partition coefficient (Wildman–Crippen LogP) is 3.36. The quantitative estimate of drug-likeness (QED) is 0.566. The van der Waals surface area contributed by atoms with E-state index >= 15 is 0 Å². The number of hydrogen-bond acceptors (Lipinski definition) is 4. The van der Waals surface area contributed by atoms with E-state index in [1.807, 2.05) is 31.2 Å². The highest BCUT2D eigenvalue weighted by Crippen LogP contribution is 2.22. The molecule has 0 saturated carbocycles. The van der Waals surface area contributed by atoms with Gasteiger partial charge in [-0.3, -0.25) is 13.9 Å². The first-order valence-electron chi connectivity index (χ1n) is 10.3. The second kappa shape index (κ2) is 11.3. The Balaban J connectivity index is 2.13. The average molecular weight is 480 g/mol. The van der Waals surface area contributed by atoms with Crippen molar-refractivity contribution in [3.05, 3.63) is 64.7 Å². The molecule has 9 heteroatoms. The number of benzene rings is 2. The van der Waals surface area contributed by atoms with Crippen LogP contribution in [0.4, 0.5) is 5.69 Å². The van der Waals surface area contributed by atoms with E-state index in [4.69, 9.17) is 11.6 Å². The van der Waals surface area contributed by atoms with Crippen molar-refractivity contribution in [1.82, 2.24) is 10.2 Å². The maximum Gasteiger partial charge on any atom is 0.242 e. The smallest absolute Gasteiger partial charge is 0.242 e. The van der Waals surface area contributed by atoms with Gasteiger partial charge in [0, 0.05) is 31.6 Å². The second-order valence-corrected chi connectivity index (χ2v) is 10.1. The molecule has 0 radical (unpaired) electrons. The van der Waals surface area contributed by atoms with E-state index < -0.39 is 16.1 Å². The molecule has 0 aliphatic heterocycles. The Morgan fingerprint density at radius 3 is 2.34 bits per heavy atom. The fourth-order valence-corrected chi connectivity index (χ4v) is 4.46. The summed E-state index contributed by atoms with van der Waals surface area (Å²) in [5.74, 6) is -0.483.